The van der Waals surface area contributed by atoms with Gasteiger partial charge in [0, 0.05) is 45.5 Å². The van der Waals surface area contributed by atoms with Crippen LogP contribution in [-0.4, -0.2) is 65.3 Å². The number of rotatable bonds is 3. The average Bonchev–Trinajstić information content (AvgIpc) is 2.75. The second-order valence-electron chi connectivity index (χ2n) is 7.32. The number of hydrogen-bond donors (Lipinski definition) is 0. The Balaban J connectivity index is 1.35. The van der Waals surface area contributed by atoms with Gasteiger partial charge in [0.05, 0.1) is 11.6 Å². The first-order chi connectivity index (χ1) is 13.2. The molecular weight excluding hydrogens is 340 g/mol. The normalized spacial score (nSPS) is 20.6. The molecule has 0 N–H and O–H groups in total. The Bertz CT molecular complexity index is 758. The highest BCUT2D eigenvalue weighted by Gasteiger charge is 2.31. The number of piperidine rings is 1. The summed E-state index contributed by atoms with van der Waals surface area (Å²) in [4.78, 5) is 23.9. The maximum atomic E-state index is 13.1. The molecule has 2 aromatic rings. The third-order valence-electron chi connectivity index (χ3n) is 5.44. The summed E-state index contributed by atoms with van der Waals surface area (Å²) in [6.07, 6.45) is 3.78. The second kappa shape index (κ2) is 7.90. The predicted molar refractivity (Wildman–Crippen MR) is 105 cm³/mol. The number of pyridine rings is 1. The van der Waals surface area contributed by atoms with Crippen LogP contribution < -0.4 is 9.80 Å². The van der Waals surface area contributed by atoms with E-state index >= 15 is 0 Å². The van der Waals surface area contributed by atoms with E-state index in [4.69, 9.17) is 0 Å². The number of nitrogens with zero attached hydrogens (tertiary/aromatic N) is 6. The summed E-state index contributed by atoms with van der Waals surface area (Å²) in [5, 5.41) is 8.44. The number of hydrogen-bond acceptors (Lipinski definition) is 6. The molecule has 2 fully saturated rings. The smallest absolute Gasteiger partial charge is 0.227 e. The fourth-order valence-corrected chi connectivity index (χ4v) is 3.90. The summed E-state index contributed by atoms with van der Waals surface area (Å²) >= 11 is 0. The molecule has 142 valence electrons. The van der Waals surface area contributed by atoms with Crippen molar-refractivity contribution in [2.75, 3.05) is 49.1 Å². The molecule has 27 heavy (non-hydrogen) atoms. The van der Waals surface area contributed by atoms with Crippen LogP contribution in [0.2, 0.25) is 0 Å². The molecule has 1 atom stereocenters. The lowest BCUT2D eigenvalue weighted by atomic mass is 9.96. The molecule has 0 aromatic carbocycles. The molecule has 7 heteroatoms. The lowest BCUT2D eigenvalue weighted by Gasteiger charge is -2.39. The van der Waals surface area contributed by atoms with E-state index in [2.05, 4.69) is 25.0 Å². The van der Waals surface area contributed by atoms with E-state index in [1.165, 1.54) is 0 Å². The quantitative estimate of drug-likeness (QED) is 0.825. The highest BCUT2D eigenvalue weighted by molar-refractivity contribution is 5.80. The maximum Gasteiger partial charge on any atom is 0.227 e. The fourth-order valence-electron chi connectivity index (χ4n) is 3.90. The zero-order valence-corrected chi connectivity index (χ0v) is 15.8. The number of carbonyl (C=O) groups is 1. The zero-order valence-electron chi connectivity index (χ0n) is 15.8. The van der Waals surface area contributed by atoms with Crippen molar-refractivity contribution in [1.29, 1.82) is 0 Å². The van der Waals surface area contributed by atoms with Gasteiger partial charge in [0.25, 0.3) is 0 Å². The fraction of sp³-hybridized carbons (Fsp3) is 0.500. The minimum Gasteiger partial charge on any atom is -0.354 e. The second-order valence-corrected chi connectivity index (χ2v) is 7.32. The van der Waals surface area contributed by atoms with Gasteiger partial charge in [-0.15, -0.1) is 5.10 Å². The standard InChI is InChI=1S/C20H26N6O/c1-16-7-8-19(23-22-16)26-10-4-5-17(15-26)20(27)25-13-11-24(12-14-25)18-6-2-3-9-21-18/h2-3,6-9,17H,4-5,10-15H2,1H3. The lowest BCUT2D eigenvalue weighted by Crippen LogP contribution is -2.52. The van der Waals surface area contributed by atoms with Crippen LogP contribution in [0.4, 0.5) is 11.6 Å². The minimum atomic E-state index is 0.0447. The van der Waals surface area contributed by atoms with Crippen LogP contribution in [0.15, 0.2) is 36.5 Å². The molecule has 2 saturated heterocycles. The number of amides is 1. The Morgan fingerprint density at radius 1 is 0.963 bits per heavy atom. The van der Waals surface area contributed by atoms with Crippen LogP contribution in [-0.2, 0) is 4.79 Å². The molecular formula is C20H26N6O. The topological polar surface area (TPSA) is 65.5 Å². The maximum absolute atomic E-state index is 13.1. The van der Waals surface area contributed by atoms with Crippen LogP contribution in [0.5, 0.6) is 0 Å². The minimum absolute atomic E-state index is 0.0447. The van der Waals surface area contributed by atoms with Crippen LogP contribution in [0.1, 0.15) is 18.5 Å². The van der Waals surface area contributed by atoms with E-state index in [0.29, 0.717) is 0 Å². The van der Waals surface area contributed by atoms with Crippen LogP contribution in [0.25, 0.3) is 0 Å². The van der Waals surface area contributed by atoms with Crippen molar-refractivity contribution in [3.05, 3.63) is 42.2 Å². The zero-order chi connectivity index (χ0) is 18.6. The van der Waals surface area contributed by atoms with E-state index in [-0.39, 0.29) is 11.8 Å². The number of aromatic nitrogens is 3. The van der Waals surface area contributed by atoms with Gasteiger partial charge in [0.1, 0.15) is 5.82 Å². The van der Waals surface area contributed by atoms with Gasteiger partial charge in [-0.25, -0.2) is 4.98 Å². The van der Waals surface area contributed by atoms with E-state index in [1.807, 2.05) is 48.4 Å². The summed E-state index contributed by atoms with van der Waals surface area (Å²) in [7, 11) is 0. The summed E-state index contributed by atoms with van der Waals surface area (Å²) in [6.45, 7) is 6.80. The van der Waals surface area contributed by atoms with Crippen molar-refractivity contribution in [1.82, 2.24) is 20.1 Å². The van der Waals surface area contributed by atoms with E-state index in [0.717, 1.165) is 69.4 Å². The molecule has 7 nitrogen and oxygen atoms in total. The van der Waals surface area contributed by atoms with Gasteiger partial charge in [0.2, 0.25) is 5.91 Å². The Hall–Kier alpha value is -2.70. The highest BCUT2D eigenvalue weighted by atomic mass is 16.2. The number of carbonyl (C=O) groups excluding carboxylic acids is 1. The van der Waals surface area contributed by atoms with E-state index < -0.39 is 0 Å². The molecule has 1 unspecified atom stereocenters. The Labute approximate surface area is 160 Å². The molecule has 2 aromatic heterocycles. The summed E-state index contributed by atoms with van der Waals surface area (Å²) in [5.74, 6) is 2.19. The highest BCUT2D eigenvalue weighted by Crippen LogP contribution is 2.24. The van der Waals surface area contributed by atoms with Gasteiger partial charge in [-0.3, -0.25) is 4.79 Å². The van der Waals surface area contributed by atoms with Crippen molar-refractivity contribution < 1.29 is 4.79 Å². The van der Waals surface area contributed by atoms with Crippen LogP contribution in [0.3, 0.4) is 0 Å². The summed E-state index contributed by atoms with van der Waals surface area (Å²) in [6, 6.07) is 9.94. The predicted octanol–water partition coefficient (Wildman–Crippen LogP) is 1.75. The lowest BCUT2D eigenvalue weighted by molar-refractivity contribution is -0.136. The summed E-state index contributed by atoms with van der Waals surface area (Å²) in [5.41, 5.74) is 0.911. The molecule has 0 aliphatic carbocycles. The molecule has 0 saturated carbocycles. The number of piperazine rings is 1. The van der Waals surface area contributed by atoms with Crippen LogP contribution in [0, 0.1) is 12.8 Å². The largest absolute Gasteiger partial charge is 0.354 e. The van der Waals surface area contributed by atoms with Crippen LogP contribution >= 0.6 is 0 Å². The molecule has 2 aliphatic rings. The van der Waals surface area contributed by atoms with Gasteiger partial charge in [0.15, 0.2) is 5.82 Å². The van der Waals surface area contributed by atoms with Crippen molar-refractivity contribution in [3.8, 4) is 0 Å². The third kappa shape index (κ3) is 4.02. The Morgan fingerprint density at radius 3 is 2.52 bits per heavy atom. The Morgan fingerprint density at radius 2 is 1.81 bits per heavy atom. The van der Waals surface area contributed by atoms with Gasteiger partial charge in [-0.2, -0.15) is 5.10 Å². The van der Waals surface area contributed by atoms with Crippen molar-refractivity contribution in [2.45, 2.75) is 19.8 Å². The van der Waals surface area contributed by atoms with Crippen molar-refractivity contribution in [3.63, 3.8) is 0 Å². The third-order valence-corrected chi connectivity index (χ3v) is 5.44. The van der Waals surface area contributed by atoms with E-state index in [9.17, 15) is 4.79 Å². The Kier molecular flexibility index (Phi) is 5.18. The van der Waals surface area contributed by atoms with Gasteiger partial charge >= 0.3 is 0 Å². The first-order valence-electron chi connectivity index (χ1n) is 9.71. The first kappa shape index (κ1) is 17.7. The molecule has 0 bridgehead atoms. The number of aryl methyl sites for hydroxylation is 1. The average molecular weight is 366 g/mol. The number of anilines is 2. The molecule has 1 amide bonds. The molecule has 4 heterocycles. The molecule has 4 rings (SSSR count). The molecule has 2 aliphatic heterocycles. The first-order valence-corrected chi connectivity index (χ1v) is 9.71. The van der Waals surface area contributed by atoms with Crippen molar-refractivity contribution in [2.24, 2.45) is 5.92 Å². The van der Waals surface area contributed by atoms with Gasteiger partial charge in [-0.05, 0) is 44.0 Å². The van der Waals surface area contributed by atoms with Gasteiger partial charge in [-0.1, -0.05) is 6.07 Å². The van der Waals surface area contributed by atoms with Gasteiger partial charge < -0.3 is 14.7 Å². The SMILES string of the molecule is Cc1ccc(N2CCCC(C(=O)N3CCN(c4ccccn4)CC3)C2)nn1. The van der Waals surface area contributed by atoms with Crippen molar-refractivity contribution >= 4 is 17.5 Å². The monoisotopic (exact) mass is 366 g/mol. The molecule has 0 radical (unpaired) electrons. The molecule has 0 spiro atoms. The summed E-state index contributed by atoms with van der Waals surface area (Å²) < 4.78 is 0. The van der Waals surface area contributed by atoms with E-state index in [1.54, 1.807) is 0 Å².